The number of rotatable bonds is 4. The van der Waals surface area contributed by atoms with Crippen LogP contribution in [0.3, 0.4) is 0 Å². The van der Waals surface area contributed by atoms with Crippen molar-refractivity contribution in [2.24, 2.45) is 0 Å². The number of aromatic nitrogens is 5. The molecule has 0 spiro atoms. The molecule has 1 unspecified atom stereocenters. The second-order valence-electron chi connectivity index (χ2n) is 8.02. The fraction of sp³-hybridized carbons (Fsp3) is 0.261. The van der Waals surface area contributed by atoms with Crippen LogP contribution in [0, 0.1) is 11.6 Å². The number of nitrogens with zero attached hydrogens (tertiary/aromatic N) is 6. The Balaban J connectivity index is 1.37. The predicted octanol–water partition coefficient (Wildman–Crippen LogP) is 3.95. The lowest BCUT2D eigenvalue weighted by Crippen LogP contribution is -2.24. The highest BCUT2D eigenvalue weighted by molar-refractivity contribution is 5.68. The van der Waals surface area contributed by atoms with Crippen LogP contribution in [0.15, 0.2) is 55.1 Å². The molecule has 1 saturated heterocycles. The Kier molecular flexibility index (Phi) is 4.50. The first-order valence-electron chi connectivity index (χ1n) is 10.6. The summed E-state index contributed by atoms with van der Waals surface area (Å²) in [6.45, 7) is 1.91. The highest BCUT2D eigenvalue weighted by Crippen LogP contribution is 2.37. The van der Waals surface area contributed by atoms with Gasteiger partial charge >= 0.3 is 0 Å². The molecule has 3 aromatic heterocycles. The molecular formula is C23H20F2N6O. The molecule has 0 aliphatic carbocycles. The molecule has 0 saturated carbocycles. The monoisotopic (exact) mass is 434 g/mol. The maximum Gasteiger partial charge on any atom is 0.183 e. The number of hydrogen-bond donors (Lipinski definition) is 0. The molecule has 2 aliphatic rings. The van der Waals surface area contributed by atoms with Gasteiger partial charge in [0.15, 0.2) is 5.65 Å². The maximum atomic E-state index is 14.5. The van der Waals surface area contributed by atoms with E-state index >= 15 is 0 Å². The summed E-state index contributed by atoms with van der Waals surface area (Å²) in [6.07, 6.45) is 10.9. The molecule has 7 nitrogen and oxygen atoms in total. The molecule has 0 amide bonds. The molecule has 9 heteroatoms. The van der Waals surface area contributed by atoms with E-state index in [1.165, 1.54) is 12.1 Å². The molecule has 2 aliphatic heterocycles. The number of anilines is 1. The highest BCUT2D eigenvalue weighted by atomic mass is 19.1. The third-order valence-electron chi connectivity index (χ3n) is 6.11. The average molecular weight is 434 g/mol. The van der Waals surface area contributed by atoms with Crippen molar-refractivity contribution in [3.8, 4) is 5.69 Å². The van der Waals surface area contributed by atoms with E-state index in [2.05, 4.69) is 10.2 Å². The molecule has 0 radical (unpaired) electrons. The molecule has 4 aromatic rings. The first-order valence-corrected chi connectivity index (χ1v) is 10.6. The van der Waals surface area contributed by atoms with Gasteiger partial charge in [-0.1, -0.05) is 6.08 Å². The van der Waals surface area contributed by atoms with Gasteiger partial charge in [-0.3, -0.25) is 0 Å². The molecule has 5 heterocycles. The maximum absolute atomic E-state index is 14.5. The average Bonchev–Trinajstić information content (AvgIpc) is 3.60. The Morgan fingerprint density at radius 2 is 2.03 bits per heavy atom. The summed E-state index contributed by atoms with van der Waals surface area (Å²) < 4.78 is 37.1. The quantitative estimate of drug-likeness (QED) is 0.487. The lowest BCUT2D eigenvalue weighted by atomic mass is 10.0. The van der Waals surface area contributed by atoms with Crippen molar-refractivity contribution in [1.82, 2.24) is 24.4 Å². The summed E-state index contributed by atoms with van der Waals surface area (Å²) in [5, 5.41) is 8.88. The lowest BCUT2D eigenvalue weighted by molar-refractivity contribution is 0.216. The highest BCUT2D eigenvalue weighted by Gasteiger charge is 2.30. The van der Waals surface area contributed by atoms with Crippen molar-refractivity contribution in [3.05, 3.63) is 77.9 Å². The van der Waals surface area contributed by atoms with Gasteiger partial charge in [0.25, 0.3) is 0 Å². The fourth-order valence-electron chi connectivity index (χ4n) is 4.51. The zero-order valence-electron chi connectivity index (χ0n) is 17.2. The molecular weight excluding hydrogens is 414 g/mol. The summed E-state index contributed by atoms with van der Waals surface area (Å²) in [5.41, 5.74) is 3.85. The molecule has 1 aromatic carbocycles. The standard InChI is InChI=1S/C23H20F2N6O/c24-17-3-4-19(25)18(10-17)20-2-1-7-29(20)22-5-8-30-23(28-22)21(12-27-30)31-13-16(11-26-31)15-6-9-32-14-15/h3-6,8,10-13,20H,1-2,7,9,14H2. The van der Waals surface area contributed by atoms with Crippen molar-refractivity contribution in [1.29, 1.82) is 0 Å². The van der Waals surface area contributed by atoms with Crippen LogP contribution in [0.4, 0.5) is 14.6 Å². The van der Waals surface area contributed by atoms with Gasteiger partial charge in [0.2, 0.25) is 0 Å². The van der Waals surface area contributed by atoms with E-state index in [1.807, 2.05) is 29.4 Å². The zero-order valence-corrected chi connectivity index (χ0v) is 17.2. The largest absolute Gasteiger partial charge is 0.373 e. The van der Waals surface area contributed by atoms with Crippen molar-refractivity contribution in [2.75, 3.05) is 24.7 Å². The normalized spacial score (nSPS) is 18.6. The van der Waals surface area contributed by atoms with Crippen LogP contribution in [0.2, 0.25) is 0 Å². The molecule has 1 fully saturated rings. The summed E-state index contributed by atoms with van der Waals surface area (Å²) in [6, 6.07) is 5.21. The summed E-state index contributed by atoms with van der Waals surface area (Å²) in [7, 11) is 0. The van der Waals surface area contributed by atoms with E-state index in [0.29, 0.717) is 36.8 Å². The van der Waals surface area contributed by atoms with E-state index < -0.39 is 11.6 Å². The van der Waals surface area contributed by atoms with Crippen LogP contribution in [-0.4, -0.2) is 44.1 Å². The number of benzene rings is 1. The van der Waals surface area contributed by atoms with Gasteiger partial charge in [-0.15, -0.1) is 0 Å². The van der Waals surface area contributed by atoms with Gasteiger partial charge in [-0.05, 0) is 42.7 Å². The van der Waals surface area contributed by atoms with Crippen LogP contribution in [0.5, 0.6) is 0 Å². The van der Waals surface area contributed by atoms with Gasteiger partial charge in [0.1, 0.15) is 23.1 Å². The molecule has 162 valence electrons. The van der Waals surface area contributed by atoms with Gasteiger partial charge in [-0.2, -0.15) is 10.2 Å². The number of ether oxygens (including phenoxy) is 1. The minimum atomic E-state index is -0.438. The van der Waals surface area contributed by atoms with E-state index in [0.717, 1.165) is 35.7 Å². The van der Waals surface area contributed by atoms with Crippen LogP contribution in [-0.2, 0) is 4.74 Å². The molecule has 32 heavy (non-hydrogen) atoms. The first-order chi connectivity index (χ1) is 15.7. The summed E-state index contributed by atoms with van der Waals surface area (Å²) in [5.74, 6) is -0.139. The molecule has 0 bridgehead atoms. The van der Waals surface area contributed by atoms with Gasteiger partial charge in [0, 0.05) is 30.1 Å². The lowest BCUT2D eigenvalue weighted by Gasteiger charge is -2.26. The Morgan fingerprint density at radius 1 is 1.09 bits per heavy atom. The van der Waals surface area contributed by atoms with Gasteiger partial charge in [0.05, 0.1) is 31.6 Å². The third-order valence-corrected chi connectivity index (χ3v) is 6.11. The number of halogens is 2. The number of fused-ring (bicyclic) bond motifs is 1. The third kappa shape index (κ3) is 3.16. The Bertz CT molecular complexity index is 1340. The van der Waals surface area contributed by atoms with E-state index in [1.54, 1.807) is 21.6 Å². The summed E-state index contributed by atoms with van der Waals surface area (Å²) in [4.78, 5) is 6.87. The first kappa shape index (κ1) is 19.1. The second-order valence-corrected chi connectivity index (χ2v) is 8.02. The molecule has 6 rings (SSSR count). The van der Waals surface area contributed by atoms with Crippen LogP contribution in [0.25, 0.3) is 16.9 Å². The van der Waals surface area contributed by atoms with Crippen LogP contribution >= 0.6 is 0 Å². The Hall–Kier alpha value is -3.59. The van der Waals surface area contributed by atoms with Crippen molar-refractivity contribution in [2.45, 2.75) is 18.9 Å². The Morgan fingerprint density at radius 3 is 2.91 bits per heavy atom. The Labute approximate surface area is 182 Å². The van der Waals surface area contributed by atoms with E-state index in [4.69, 9.17) is 9.72 Å². The van der Waals surface area contributed by atoms with Crippen LogP contribution in [0.1, 0.15) is 30.0 Å². The number of hydrogen-bond acceptors (Lipinski definition) is 5. The van der Waals surface area contributed by atoms with E-state index in [-0.39, 0.29) is 6.04 Å². The second kappa shape index (κ2) is 7.52. The van der Waals surface area contributed by atoms with Crippen molar-refractivity contribution < 1.29 is 13.5 Å². The van der Waals surface area contributed by atoms with Gasteiger partial charge in [-0.25, -0.2) is 23.0 Å². The smallest absolute Gasteiger partial charge is 0.183 e. The fourth-order valence-corrected chi connectivity index (χ4v) is 4.51. The molecule has 0 N–H and O–H groups in total. The van der Waals surface area contributed by atoms with E-state index in [9.17, 15) is 8.78 Å². The van der Waals surface area contributed by atoms with Crippen molar-refractivity contribution >= 4 is 17.0 Å². The minimum absolute atomic E-state index is 0.266. The molecule has 1 atom stereocenters. The summed E-state index contributed by atoms with van der Waals surface area (Å²) >= 11 is 0. The predicted molar refractivity (Wildman–Crippen MR) is 115 cm³/mol. The van der Waals surface area contributed by atoms with Crippen LogP contribution < -0.4 is 4.90 Å². The SMILES string of the molecule is Fc1ccc(F)c(C2CCCN2c2ccn3ncc(-n4cc(C5=CCOC5)cn4)c3n2)c1. The van der Waals surface area contributed by atoms with Crippen molar-refractivity contribution in [3.63, 3.8) is 0 Å². The zero-order chi connectivity index (χ0) is 21.7. The minimum Gasteiger partial charge on any atom is -0.373 e. The van der Waals surface area contributed by atoms with Gasteiger partial charge < -0.3 is 9.64 Å². The topological polar surface area (TPSA) is 60.5 Å².